The molecular formula is C17H19N3O6S. The van der Waals surface area contributed by atoms with E-state index in [9.17, 15) is 18.0 Å². The van der Waals surface area contributed by atoms with Crippen LogP contribution in [-0.2, 0) is 19.6 Å². The average molecular weight is 393 g/mol. The Bertz CT molecular complexity index is 895. The molecular weight excluding hydrogens is 374 g/mol. The van der Waals surface area contributed by atoms with Crippen molar-refractivity contribution in [1.29, 1.82) is 0 Å². The number of methoxy groups -OCH3 is 1. The zero-order valence-corrected chi connectivity index (χ0v) is 15.3. The number of anilines is 1. The summed E-state index contributed by atoms with van der Waals surface area (Å²) in [5, 5.41) is 9.75. The lowest BCUT2D eigenvalue weighted by Gasteiger charge is -2.09. The first kappa shape index (κ1) is 20.2. The first-order valence-corrected chi connectivity index (χ1v) is 9.33. The zero-order valence-electron chi connectivity index (χ0n) is 14.5. The molecule has 2 rings (SSSR count). The molecule has 2 aromatic carbocycles. The van der Waals surface area contributed by atoms with E-state index in [1.165, 1.54) is 24.3 Å². The highest BCUT2D eigenvalue weighted by atomic mass is 32.2. The molecule has 0 atom stereocenters. The lowest BCUT2D eigenvalue weighted by molar-refractivity contribution is -0.136. The van der Waals surface area contributed by atoms with E-state index >= 15 is 0 Å². The number of nitrogens with one attached hydrogen (secondary N) is 2. The van der Waals surface area contributed by atoms with Crippen molar-refractivity contribution in [2.75, 3.05) is 25.6 Å². The predicted molar refractivity (Wildman–Crippen MR) is 97.9 cm³/mol. The number of hydrogen-bond acceptors (Lipinski definition) is 6. The summed E-state index contributed by atoms with van der Waals surface area (Å²) in [6.07, 6.45) is 0. The molecule has 10 heteroatoms. The van der Waals surface area contributed by atoms with Crippen molar-refractivity contribution in [3.05, 3.63) is 48.5 Å². The number of ether oxygens (including phenoxy) is 2. The molecule has 144 valence electrons. The predicted octanol–water partition coefficient (Wildman–Crippen LogP) is 0.476. The number of nitrogens with two attached hydrogens (primary N) is 1. The molecule has 4 N–H and O–H groups in total. The van der Waals surface area contributed by atoms with Crippen LogP contribution in [0.5, 0.6) is 11.5 Å². The molecule has 2 aromatic rings. The maximum Gasteiger partial charge on any atom is 0.313 e. The van der Waals surface area contributed by atoms with E-state index in [0.717, 1.165) is 0 Å². The summed E-state index contributed by atoms with van der Waals surface area (Å²) in [4.78, 5) is 23.5. The highest BCUT2D eigenvalue weighted by Crippen LogP contribution is 2.16. The maximum atomic E-state index is 11.8. The lowest BCUT2D eigenvalue weighted by Crippen LogP contribution is -2.37. The molecule has 9 nitrogen and oxygen atoms in total. The standard InChI is InChI=1S/C17H19N3O6S/c1-25-13-4-6-14(7-5-13)26-11-10-19-16(21)17(22)20-12-2-8-15(9-3-12)27(18,23)24/h2-9H,10-11H2,1H3,(H,19,21)(H,20,22)(H2,18,23,24). The van der Waals surface area contributed by atoms with Gasteiger partial charge in [-0.2, -0.15) is 0 Å². The van der Waals surface area contributed by atoms with Crippen LogP contribution in [0.15, 0.2) is 53.4 Å². The van der Waals surface area contributed by atoms with Crippen molar-refractivity contribution >= 4 is 27.5 Å². The van der Waals surface area contributed by atoms with Gasteiger partial charge in [-0.05, 0) is 48.5 Å². The van der Waals surface area contributed by atoms with Crippen LogP contribution in [0.2, 0.25) is 0 Å². The van der Waals surface area contributed by atoms with Gasteiger partial charge in [-0.25, -0.2) is 13.6 Å². The van der Waals surface area contributed by atoms with Crippen molar-refractivity contribution in [3.8, 4) is 11.5 Å². The fourth-order valence-corrected chi connectivity index (χ4v) is 2.52. The van der Waals surface area contributed by atoms with Gasteiger partial charge in [0.1, 0.15) is 18.1 Å². The third-order valence-electron chi connectivity index (χ3n) is 3.36. The summed E-state index contributed by atoms with van der Waals surface area (Å²) in [5.74, 6) is -0.430. The van der Waals surface area contributed by atoms with Gasteiger partial charge in [-0.3, -0.25) is 9.59 Å². The first-order chi connectivity index (χ1) is 12.8. The summed E-state index contributed by atoms with van der Waals surface area (Å²) in [5.41, 5.74) is 0.261. The second-order valence-corrected chi connectivity index (χ2v) is 6.86. The van der Waals surface area contributed by atoms with E-state index in [1.54, 1.807) is 31.4 Å². The minimum atomic E-state index is -3.82. The van der Waals surface area contributed by atoms with Gasteiger partial charge >= 0.3 is 11.8 Å². The number of benzene rings is 2. The minimum absolute atomic E-state index is 0.0966. The molecule has 0 aromatic heterocycles. The number of primary sulfonamides is 1. The Kier molecular flexibility index (Phi) is 6.74. The van der Waals surface area contributed by atoms with Crippen LogP contribution >= 0.6 is 0 Å². The number of carbonyl (C=O) groups excluding carboxylic acids is 2. The number of hydrogen-bond donors (Lipinski definition) is 3. The monoisotopic (exact) mass is 393 g/mol. The summed E-state index contributed by atoms with van der Waals surface area (Å²) >= 11 is 0. The van der Waals surface area contributed by atoms with Gasteiger partial charge in [0.05, 0.1) is 18.6 Å². The van der Waals surface area contributed by atoms with Gasteiger partial charge < -0.3 is 20.1 Å². The molecule has 27 heavy (non-hydrogen) atoms. The third kappa shape index (κ3) is 6.28. The molecule has 0 heterocycles. The van der Waals surface area contributed by atoms with E-state index in [1.807, 2.05) is 0 Å². The molecule has 0 aliphatic rings. The van der Waals surface area contributed by atoms with Crippen LogP contribution in [0, 0.1) is 0 Å². The van der Waals surface area contributed by atoms with E-state index in [-0.39, 0.29) is 23.7 Å². The highest BCUT2D eigenvalue weighted by Gasteiger charge is 2.14. The number of amides is 2. The van der Waals surface area contributed by atoms with Crippen LogP contribution in [0.4, 0.5) is 5.69 Å². The lowest BCUT2D eigenvalue weighted by atomic mass is 10.3. The molecule has 0 spiro atoms. The summed E-state index contributed by atoms with van der Waals surface area (Å²) < 4.78 is 32.8. The van der Waals surface area contributed by atoms with Crippen LogP contribution < -0.4 is 25.2 Å². The number of rotatable bonds is 7. The van der Waals surface area contributed by atoms with Crippen molar-refractivity contribution in [1.82, 2.24) is 5.32 Å². The normalized spacial score (nSPS) is 10.7. The fraction of sp³-hybridized carbons (Fsp3) is 0.176. The van der Waals surface area contributed by atoms with Gasteiger partial charge in [0.2, 0.25) is 10.0 Å². The van der Waals surface area contributed by atoms with Crippen LogP contribution in [0.3, 0.4) is 0 Å². The Morgan fingerprint density at radius 3 is 2.11 bits per heavy atom. The molecule has 0 saturated heterocycles. The van der Waals surface area contributed by atoms with Crippen molar-refractivity contribution < 1.29 is 27.5 Å². The highest BCUT2D eigenvalue weighted by molar-refractivity contribution is 7.89. The topological polar surface area (TPSA) is 137 Å². The maximum absolute atomic E-state index is 11.8. The van der Waals surface area contributed by atoms with Gasteiger partial charge in [0, 0.05) is 5.69 Å². The summed E-state index contributed by atoms with van der Waals surface area (Å²) in [6, 6.07) is 12.0. The van der Waals surface area contributed by atoms with Gasteiger partial charge in [-0.15, -0.1) is 0 Å². The molecule has 0 unspecified atom stereocenters. The molecule has 2 amide bonds. The van der Waals surface area contributed by atoms with E-state index in [4.69, 9.17) is 14.6 Å². The van der Waals surface area contributed by atoms with Gasteiger partial charge in [-0.1, -0.05) is 0 Å². The second-order valence-electron chi connectivity index (χ2n) is 5.30. The molecule has 0 fully saturated rings. The Labute approximate surface area is 156 Å². The summed E-state index contributed by atoms with van der Waals surface area (Å²) in [7, 11) is -2.26. The molecule has 0 saturated carbocycles. The SMILES string of the molecule is COc1ccc(OCCNC(=O)C(=O)Nc2ccc(S(N)(=O)=O)cc2)cc1. The Morgan fingerprint density at radius 1 is 0.963 bits per heavy atom. The zero-order chi connectivity index (χ0) is 19.9. The van der Waals surface area contributed by atoms with Gasteiger partial charge in [0.25, 0.3) is 0 Å². The van der Waals surface area contributed by atoms with Crippen LogP contribution in [0.25, 0.3) is 0 Å². The molecule has 0 radical (unpaired) electrons. The Balaban J connectivity index is 1.75. The van der Waals surface area contributed by atoms with E-state index in [2.05, 4.69) is 10.6 Å². The molecule has 0 bridgehead atoms. The van der Waals surface area contributed by atoms with Crippen LogP contribution in [-0.4, -0.2) is 40.5 Å². The van der Waals surface area contributed by atoms with E-state index < -0.39 is 21.8 Å². The number of sulfonamides is 1. The Hall–Kier alpha value is -3.11. The van der Waals surface area contributed by atoms with Crippen molar-refractivity contribution in [2.24, 2.45) is 5.14 Å². The average Bonchev–Trinajstić information content (AvgIpc) is 2.65. The third-order valence-corrected chi connectivity index (χ3v) is 4.29. The second kappa shape index (κ2) is 9.01. The Morgan fingerprint density at radius 2 is 1.56 bits per heavy atom. The quantitative estimate of drug-likeness (QED) is 0.462. The van der Waals surface area contributed by atoms with E-state index in [0.29, 0.717) is 11.5 Å². The fourth-order valence-electron chi connectivity index (χ4n) is 2.00. The van der Waals surface area contributed by atoms with Crippen LogP contribution in [0.1, 0.15) is 0 Å². The smallest absolute Gasteiger partial charge is 0.313 e. The molecule has 0 aliphatic carbocycles. The summed E-state index contributed by atoms with van der Waals surface area (Å²) in [6.45, 7) is 0.303. The number of carbonyl (C=O) groups is 2. The first-order valence-electron chi connectivity index (χ1n) is 7.78. The van der Waals surface area contributed by atoms with Gasteiger partial charge in [0.15, 0.2) is 0 Å². The largest absolute Gasteiger partial charge is 0.497 e. The van der Waals surface area contributed by atoms with Crippen molar-refractivity contribution in [2.45, 2.75) is 4.90 Å². The minimum Gasteiger partial charge on any atom is -0.497 e. The van der Waals surface area contributed by atoms with Crippen molar-refractivity contribution in [3.63, 3.8) is 0 Å². The molecule has 0 aliphatic heterocycles.